The zero-order valence-corrected chi connectivity index (χ0v) is 43.1. The Morgan fingerprint density at radius 1 is 0.484 bits per heavy atom. The largest absolute Gasteiger partial charge is 0.756 e. The number of carbonyl (C=O) groups excluding carboxylic acids is 2. The number of nitrogens with zero attached hydrogens (tertiary/aromatic N) is 1. The van der Waals surface area contributed by atoms with E-state index in [1.165, 1.54) is 122 Å². The summed E-state index contributed by atoms with van der Waals surface area (Å²) < 4.78 is 34.0. The predicted octanol–water partition coefficient (Wildman–Crippen LogP) is 15.2. The van der Waals surface area contributed by atoms with Crippen molar-refractivity contribution in [1.29, 1.82) is 0 Å². The standard InChI is InChI=1S/C54H100NO8P/c1-6-8-10-12-14-16-18-20-21-22-23-24-25-26-27-28-29-30-31-32-33-35-37-39-41-43-45-47-54(57)63-52(51-62-64(58,59)61-49-48-55(3,4)5)50-60-53(56)46-44-42-40-38-36-34-19-17-15-13-11-9-7-2/h11,13,17-20,22-23,52H,6-10,12,14-16,21,24-51H2,1-5H3/b13-11-,19-17-,20-18-,23-22-. The molecule has 0 spiro atoms. The number of likely N-dealkylation sites (N-methyl/N-ethyl adjacent to an activating group) is 1. The number of quaternary nitrogens is 1. The average Bonchev–Trinajstić information content (AvgIpc) is 3.25. The van der Waals surface area contributed by atoms with Crippen molar-refractivity contribution in [2.24, 2.45) is 0 Å². The topological polar surface area (TPSA) is 111 Å². The number of rotatable bonds is 48. The van der Waals surface area contributed by atoms with Crippen LogP contribution in [0.25, 0.3) is 0 Å². The van der Waals surface area contributed by atoms with Crippen LogP contribution in [0.5, 0.6) is 0 Å². The highest BCUT2D eigenvalue weighted by Crippen LogP contribution is 2.38. The minimum atomic E-state index is -4.63. The molecule has 0 aromatic heterocycles. The number of ether oxygens (including phenoxy) is 2. The third-order valence-electron chi connectivity index (χ3n) is 11.3. The maximum absolute atomic E-state index is 12.7. The van der Waals surface area contributed by atoms with Crippen molar-refractivity contribution in [1.82, 2.24) is 0 Å². The second-order valence-electron chi connectivity index (χ2n) is 18.9. The molecule has 0 aromatic carbocycles. The number of allylic oxidation sites excluding steroid dienone is 8. The molecule has 0 saturated heterocycles. The first-order chi connectivity index (χ1) is 31.0. The molecule has 0 saturated carbocycles. The molecule has 2 atom stereocenters. The third kappa shape index (κ3) is 49.4. The van der Waals surface area contributed by atoms with Crippen LogP contribution in [0.2, 0.25) is 0 Å². The molecule has 0 N–H and O–H groups in total. The second kappa shape index (κ2) is 46.1. The van der Waals surface area contributed by atoms with Gasteiger partial charge in [0, 0.05) is 12.8 Å². The lowest BCUT2D eigenvalue weighted by Crippen LogP contribution is -2.37. The molecular formula is C54H100NO8P. The highest BCUT2D eigenvalue weighted by molar-refractivity contribution is 7.45. The first-order valence-corrected chi connectivity index (χ1v) is 27.8. The molecule has 0 aromatic rings. The summed E-state index contributed by atoms with van der Waals surface area (Å²) in [7, 11) is 1.16. The van der Waals surface area contributed by atoms with Gasteiger partial charge in [0.05, 0.1) is 27.7 Å². The molecule has 64 heavy (non-hydrogen) atoms. The number of hydrogen-bond donors (Lipinski definition) is 0. The van der Waals surface area contributed by atoms with E-state index in [2.05, 4.69) is 62.5 Å². The maximum atomic E-state index is 12.7. The van der Waals surface area contributed by atoms with E-state index >= 15 is 0 Å². The van der Waals surface area contributed by atoms with Crippen LogP contribution in [0, 0.1) is 0 Å². The van der Waals surface area contributed by atoms with Gasteiger partial charge in [-0.3, -0.25) is 14.2 Å². The second-order valence-corrected chi connectivity index (χ2v) is 20.3. The van der Waals surface area contributed by atoms with Crippen molar-refractivity contribution in [3.8, 4) is 0 Å². The molecule has 10 heteroatoms. The minimum Gasteiger partial charge on any atom is -0.756 e. The van der Waals surface area contributed by atoms with Crippen LogP contribution < -0.4 is 4.89 Å². The average molecular weight is 922 g/mol. The molecule has 0 aliphatic heterocycles. The van der Waals surface area contributed by atoms with E-state index < -0.39 is 32.5 Å². The summed E-state index contributed by atoms with van der Waals surface area (Å²) in [6, 6.07) is 0. The Hall–Kier alpha value is -2.03. The van der Waals surface area contributed by atoms with Crippen LogP contribution in [0.3, 0.4) is 0 Å². The zero-order valence-electron chi connectivity index (χ0n) is 42.2. The fraction of sp³-hybridized carbons (Fsp3) is 0.815. The maximum Gasteiger partial charge on any atom is 0.306 e. The van der Waals surface area contributed by atoms with E-state index in [0.717, 1.165) is 70.6 Å². The Labute approximate surface area is 394 Å². The molecule has 0 aliphatic carbocycles. The van der Waals surface area contributed by atoms with Gasteiger partial charge in [0.25, 0.3) is 7.82 Å². The molecule has 0 bridgehead atoms. The van der Waals surface area contributed by atoms with E-state index in [-0.39, 0.29) is 26.1 Å². The summed E-state index contributed by atoms with van der Waals surface area (Å²) in [5.41, 5.74) is 0. The van der Waals surface area contributed by atoms with Gasteiger partial charge in [0.15, 0.2) is 6.10 Å². The van der Waals surface area contributed by atoms with Crippen molar-refractivity contribution < 1.29 is 42.1 Å². The number of carbonyl (C=O) groups is 2. The highest BCUT2D eigenvalue weighted by atomic mass is 31.2. The Balaban J connectivity index is 4.14. The van der Waals surface area contributed by atoms with Crippen molar-refractivity contribution in [2.45, 2.75) is 238 Å². The summed E-state index contributed by atoms with van der Waals surface area (Å²) in [6.45, 7) is 4.15. The van der Waals surface area contributed by atoms with Crippen LogP contribution in [0.15, 0.2) is 48.6 Å². The van der Waals surface area contributed by atoms with Gasteiger partial charge >= 0.3 is 11.9 Å². The van der Waals surface area contributed by atoms with Gasteiger partial charge in [0.1, 0.15) is 19.8 Å². The normalized spacial score (nSPS) is 13.8. The van der Waals surface area contributed by atoms with Crippen LogP contribution in [0.4, 0.5) is 0 Å². The van der Waals surface area contributed by atoms with Crippen LogP contribution >= 0.6 is 7.82 Å². The number of esters is 2. The van der Waals surface area contributed by atoms with Crippen molar-refractivity contribution in [2.75, 3.05) is 47.5 Å². The van der Waals surface area contributed by atoms with E-state index in [9.17, 15) is 19.0 Å². The number of hydrogen-bond acceptors (Lipinski definition) is 8. The number of phosphoric acid groups is 1. The fourth-order valence-electron chi connectivity index (χ4n) is 7.19. The summed E-state index contributed by atoms with van der Waals surface area (Å²) in [5.74, 6) is -0.847. The van der Waals surface area contributed by atoms with Crippen molar-refractivity contribution in [3.05, 3.63) is 48.6 Å². The lowest BCUT2D eigenvalue weighted by atomic mass is 10.0. The Morgan fingerprint density at radius 3 is 1.30 bits per heavy atom. The lowest BCUT2D eigenvalue weighted by Gasteiger charge is -2.28. The molecule has 0 aliphatic rings. The van der Waals surface area contributed by atoms with E-state index in [0.29, 0.717) is 23.9 Å². The van der Waals surface area contributed by atoms with Crippen LogP contribution in [-0.2, 0) is 32.7 Å². The summed E-state index contributed by atoms with van der Waals surface area (Å²) >= 11 is 0. The molecule has 374 valence electrons. The highest BCUT2D eigenvalue weighted by Gasteiger charge is 2.21. The van der Waals surface area contributed by atoms with Gasteiger partial charge in [-0.1, -0.05) is 197 Å². The lowest BCUT2D eigenvalue weighted by molar-refractivity contribution is -0.870. The minimum absolute atomic E-state index is 0.0336. The summed E-state index contributed by atoms with van der Waals surface area (Å²) in [6.07, 6.45) is 55.8. The Morgan fingerprint density at radius 2 is 0.875 bits per heavy atom. The molecule has 0 heterocycles. The van der Waals surface area contributed by atoms with Gasteiger partial charge in [-0.2, -0.15) is 0 Å². The van der Waals surface area contributed by atoms with Crippen molar-refractivity contribution in [3.63, 3.8) is 0 Å². The van der Waals surface area contributed by atoms with E-state index in [1.807, 2.05) is 21.1 Å². The smallest absolute Gasteiger partial charge is 0.306 e. The van der Waals surface area contributed by atoms with Gasteiger partial charge < -0.3 is 27.9 Å². The molecule has 0 fully saturated rings. The monoisotopic (exact) mass is 922 g/mol. The first kappa shape index (κ1) is 62.0. The molecular weight excluding hydrogens is 822 g/mol. The number of phosphoric ester groups is 1. The molecule has 9 nitrogen and oxygen atoms in total. The first-order valence-electron chi connectivity index (χ1n) is 26.3. The van der Waals surface area contributed by atoms with Crippen LogP contribution in [-0.4, -0.2) is 70.0 Å². The van der Waals surface area contributed by atoms with Crippen LogP contribution in [0.1, 0.15) is 232 Å². The quantitative estimate of drug-likeness (QED) is 0.0195. The number of unbranched alkanes of at least 4 members (excludes halogenated alkanes) is 26. The SMILES string of the molecule is CCC/C=C\C/C=C\CCCCCCCC(=O)OCC(COP(=O)([O-])OCC[N+](C)(C)C)OC(=O)CCCCCCCCCCCCCCCCC/C=C\C/C=C\CCCCCCC. The Bertz CT molecular complexity index is 1230. The molecule has 2 unspecified atom stereocenters. The third-order valence-corrected chi connectivity index (χ3v) is 12.3. The summed E-state index contributed by atoms with van der Waals surface area (Å²) in [5, 5.41) is 0. The zero-order chi connectivity index (χ0) is 47.1. The van der Waals surface area contributed by atoms with Gasteiger partial charge in [0.2, 0.25) is 0 Å². The van der Waals surface area contributed by atoms with Crippen molar-refractivity contribution >= 4 is 19.8 Å². The van der Waals surface area contributed by atoms with Gasteiger partial charge in [-0.15, -0.1) is 0 Å². The van der Waals surface area contributed by atoms with E-state index in [1.54, 1.807) is 0 Å². The van der Waals surface area contributed by atoms with Gasteiger partial charge in [-0.25, -0.2) is 0 Å². The molecule has 0 amide bonds. The van der Waals surface area contributed by atoms with Gasteiger partial charge in [-0.05, 0) is 70.6 Å². The van der Waals surface area contributed by atoms with E-state index in [4.69, 9.17) is 18.5 Å². The molecule has 0 radical (unpaired) electrons. The molecule has 0 rings (SSSR count). The summed E-state index contributed by atoms with van der Waals surface area (Å²) in [4.78, 5) is 37.7. The fourth-order valence-corrected chi connectivity index (χ4v) is 7.92. The predicted molar refractivity (Wildman–Crippen MR) is 268 cm³/mol. The Kier molecular flexibility index (Phi) is 44.6.